The van der Waals surface area contributed by atoms with Crippen LogP contribution in [0.25, 0.3) is 10.9 Å². The van der Waals surface area contributed by atoms with Gasteiger partial charge in [0.15, 0.2) is 0 Å². The lowest BCUT2D eigenvalue weighted by Gasteiger charge is -1.92. The fourth-order valence-corrected chi connectivity index (χ4v) is 0.982. The van der Waals surface area contributed by atoms with Crippen LogP contribution >= 0.6 is 0 Å². The molecule has 0 saturated carbocycles. The number of hydrogen-bond acceptors (Lipinski definition) is 2. The van der Waals surface area contributed by atoms with Crippen LogP contribution in [0.1, 0.15) is 5.56 Å². The summed E-state index contributed by atoms with van der Waals surface area (Å²) in [6.45, 7) is 2.00. The molecule has 2 aromatic rings. The Balaban J connectivity index is 2.83. The molecule has 2 aromatic heterocycles. The Hall–Kier alpha value is -1.62. The van der Waals surface area contributed by atoms with E-state index in [4.69, 9.17) is 0 Å². The molecule has 0 aliphatic carbocycles. The number of nitrogens with zero attached hydrogens (tertiary/aromatic N) is 2. The van der Waals surface area contributed by atoms with E-state index < -0.39 is 0 Å². The molecule has 0 atom stereocenters. The van der Waals surface area contributed by atoms with Gasteiger partial charge in [0.1, 0.15) is 5.52 Å². The standard InChI is InChI=1S/C9H6N2/c1-7-4-8-6-10-3-2-9(8)11-5-7/h4-6H,1H3. The summed E-state index contributed by atoms with van der Waals surface area (Å²) in [7, 11) is 0. The van der Waals surface area contributed by atoms with Crippen LogP contribution in [0, 0.1) is 19.2 Å². The molecule has 2 rings (SSSR count). The van der Waals surface area contributed by atoms with Crippen molar-refractivity contribution in [1.82, 2.24) is 9.97 Å². The Morgan fingerprint density at radius 1 is 1.36 bits per heavy atom. The largest absolute Gasteiger partial charge is 0.247 e. The summed E-state index contributed by atoms with van der Waals surface area (Å²) in [5.74, 6) is 0. The summed E-state index contributed by atoms with van der Waals surface area (Å²) in [6, 6.07) is 4.86. The molecule has 2 nitrogen and oxygen atoms in total. The van der Waals surface area contributed by atoms with E-state index in [9.17, 15) is 0 Å². The monoisotopic (exact) mass is 142 g/mol. The van der Waals surface area contributed by atoms with Crippen LogP contribution in [0.2, 0.25) is 0 Å². The number of fused-ring (bicyclic) bond motifs is 1. The molecule has 0 fully saturated rings. The Kier molecular flexibility index (Phi) is 1.23. The minimum Gasteiger partial charge on any atom is -0.247 e. The summed E-state index contributed by atoms with van der Waals surface area (Å²) in [5.41, 5.74) is 1.96. The maximum Gasteiger partial charge on any atom is 0.123 e. The van der Waals surface area contributed by atoms with Gasteiger partial charge >= 0.3 is 0 Å². The van der Waals surface area contributed by atoms with E-state index in [1.165, 1.54) is 0 Å². The molecule has 0 unspecified atom stereocenters. The van der Waals surface area contributed by atoms with Crippen LogP contribution in [0.15, 0.2) is 18.5 Å². The Labute approximate surface area is 64.9 Å². The minimum atomic E-state index is 0.825. The van der Waals surface area contributed by atoms with Crippen molar-refractivity contribution in [2.24, 2.45) is 0 Å². The van der Waals surface area contributed by atoms with Crippen molar-refractivity contribution in [1.29, 1.82) is 0 Å². The van der Waals surface area contributed by atoms with Crippen molar-refractivity contribution in [2.45, 2.75) is 6.92 Å². The number of pyridine rings is 1. The Morgan fingerprint density at radius 2 is 2.27 bits per heavy atom. The molecule has 52 valence electrons. The van der Waals surface area contributed by atoms with Gasteiger partial charge in [-0.3, -0.25) is 0 Å². The zero-order valence-electron chi connectivity index (χ0n) is 6.13. The third kappa shape index (κ3) is 1.01. The van der Waals surface area contributed by atoms with Gasteiger partial charge in [-0.25, -0.2) is 9.97 Å². The van der Waals surface area contributed by atoms with Gasteiger partial charge in [0.05, 0.1) is 0 Å². The summed E-state index contributed by atoms with van der Waals surface area (Å²) < 4.78 is 0. The molecule has 11 heavy (non-hydrogen) atoms. The van der Waals surface area contributed by atoms with E-state index in [1.54, 1.807) is 6.20 Å². The molecule has 0 N–H and O–H groups in total. The highest BCUT2D eigenvalue weighted by Gasteiger charge is 1.91. The van der Waals surface area contributed by atoms with E-state index in [0.29, 0.717) is 0 Å². The van der Waals surface area contributed by atoms with Gasteiger partial charge < -0.3 is 0 Å². The van der Waals surface area contributed by atoms with E-state index in [1.807, 2.05) is 19.2 Å². The number of aromatic nitrogens is 2. The molecule has 2 heteroatoms. The first kappa shape index (κ1) is 6.11. The van der Waals surface area contributed by atoms with Gasteiger partial charge in [0.25, 0.3) is 0 Å². The molecule has 2 heterocycles. The summed E-state index contributed by atoms with van der Waals surface area (Å²) in [5, 5.41) is 1.02. The van der Waals surface area contributed by atoms with E-state index in [-0.39, 0.29) is 0 Å². The summed E-state index contributed by atoms with van der Waals surface area (Å²) >= 11 is 0. The molecule has 0 spiro atoms. The number of aryl methyl sites for hydroxylation is 1. The third-order valence-corrected chi connectivity index (χ3v) is 1.50. The first-order valence-corrected chi connectivity index (χ1v) is 3.37. The molecule has 0 saturated heterocycles. The van der Waals surface area contributed by atoms with Crippen molar-refractivity contribution >= 4 is 10.9 Å². The van der Waals surface area contributed by atoms with Crippen molar-refractivity contribution < 1.29 is 0 Å². The van der Waals surface area contributed by atoms with E-state index in [0.717, 1.165) is 16.5 Å². The fraction of sp³-hybridized carbons (Fsp3) is 0.111. The number of hydrogen-bond donors (Lipinski definition) is 0. The van der Waals surface area contributed by atoms with Crippen LogP contribution in [0.5, 0.6) is 0 Å². The second-order valence-electron chi connectivity index (χ2n) is 2.45. The second-order valence-corrected chi connectivity index (χ2v) is 2.45. The second kappa shape index (κ2) is 2.21. The molecular weight excluding hydrogens is 136 g/mol. The van der Waals surface area contributed by atoms with Gasteiger partial charge in [-0.2, -0.15) is 0 Å². The van der Waals surface area contributed by atoms with Crippen LogP contribution in [-0.4, -0.2) is 9.97 Å². The van der Waals surface area contributed by atoms with Crippen LogP contribution in [0.3, 0.4) is 0 Å². The van der Waals surface area contributed by atoms with Gasteiger partial charge in [-0.1, -0.05) is 0 Å². The van der Waals surface area contributed by atoms with Crippen LogP contribution in [-0.2, 0) is 0 Å². The van der Waals surface area contributed by atoms with Gasteiger partial charge in [0.2, 0.25) is 0 Å². The Bertz CT molecular complexity index is 382. The number of rotatable bonds is 0. The topological polar surface area (TPSA) is 25.8 Å². The van der Waals surface area contributed by atoms with Crippen molar-refractivity contribution in [3.8, 4) is 0 Å². The zero-order chi connectivity index (χ0) is 7.68. The quantitative estimate of drug-likeness (QED) is 0.557. The maximum absolute atomic E-state index is 4.15. The molecule has 0 radical (unpaired) electrons. The Morgan fingerprint density at radius 3 is 3.18 bits per heavy atom. The van der Waals surface area contributed by atoms with Crippen molar-refractivity contribution in [3.63, 3.8) is 0 Å². The smallest absolute Gasteiger partial charge is 0.123 e. The van der Waals surface area contributed by atoms with Crippen LogP contribution in [0.4, 0.5) is 0 Å². The third-order valence-electron chi connectivity index (χ3n) is 1.50. The van der Waals surface area contributed by atoms with Gasteiger partial charge in [0, 0.05) is 24.0 Å². The van der Waals surface area contributed by atoms with Crippen molar-refractivity contribution in [2.75, 3.05) is 0 Å². The lowest BCUT2D eigenvalue weighted by molar-refractivity contribution is 1.30. The van der Waals surface area contributed by atoms with Gasteiger partial charge in [-0.05, 0) is 24.6 Å². The summed E-state index contributed by atoms with van der Waals surface area (Å²) in [4.78, 5) is 7.99. The first-order valence-electron chi connectivity index (χ1n) is 3.37. The zero-order valence-corrected chi connectivity index (χ0v) is 6.13. The molecular formula is C9H6N2. The maximum atomic E-state index is 4.15. The highest BCUT2D eigenvalue weighted by atomic mass is 14.7. The SMILES string of the molecule is Cc1cnc2c#cncc2c1. The molecule has 0 aliphatic heterocycles. The molecule has 0 amide bonds. The predicted molar refractivity (Wildman–Crippen MR) is 41.9 cm³/mol. The van der Waals surface area contributed by atoms with Gasteiger partial charge in [-0.15, -0.1) is 0 Å². The van der Waals surface area contributed by atoms with Crippen molar-refractivity contribution in [3.05, 3.63) is 36.3 Å². The molecule has 0 aliphatic rings. The van der Waals surface area contributed by atoms with E-state index >= 15 is 0 Å². The predicted octanol–water partition coefficient (Wildman–Crippen LogP) is 1.54. The lowest BCUT2D eigenvalue weighted by Crippen LogP contribution is -1.79. The molecule has 0 aromatic carbocycles. The average Bonchev–Trinajstić information content (AvgIpc) is 2.04. The highest BCUT2D eigenvalue weighted by Crippen LogP contribution is 2.07. The van der Waals surface area contributed by atoms with E-state index in [2.05, 4.69) is 22.2 Å². The average molecular weight is 142 g/mol. The lowest BCUT2D eigenvalue weighted by atomic mass is 10.2. The fourth-order valence-electron chi connectivity index (χ4n) is 0.982. The molecule has 0 bridgehead atoms. The minimum absolute atomic E-state index is 0.825. The first-order chi connectivity index (χ1) is 5.36. The normalized spacial score (nSPS) is 9.55. The highest BCUT2D eigenvalue weighted by molar-refractivity contribution is 5.75. The summed E-state index contributed by atoms with van der Waals surface area (Å²) in [6.07, 6.45) is 6.17. The van der Waals surface area contributed by atoms with Crippen LogP contribution < -0.4 is 0 Å².